The van der Waals surface area contributed by atoms with Gasteiger partial charge in [0.2, 0.25) is 5.91 Å². The van der Waals surface area contributed by atoms with E-state index >= 15 is 0 Å². The van der Waals surface area contributed by atoms with Crippen LogP contribution in [0.2, 0.25) is 0 Å². The molecular weight excluding hydrogens is 462 g/mol. The van der Waals surface area contributed by atoms with E-state index in [0.717, 1.165) is 11.2 Å². The van der Waals surface area contributed by atoms with Crippen molar-refractivity contribution in [3.63, 3.8) is 0 Å². The van der Waals surface area contributed by atoms with Crippen molar-refractivity contribution in [3.05, 3.63) is 47.5 Å². The summed E-state index contributed by atoms with van der Waals surface area (Å²) < 4.78 is 32.9. The molecule has 0 saturated carbocycles. The molecule has 1 aliphatic heterocycles. The summed E-state index contributed by atoms with van der Waals surface area (Å²) >= 11 is 0. The van der Waals surface area contributed by atoms with Crippen molar-refractivity contribution in [1.82, 2.24) is 5.32 Å². The molecule has 2 N–H and O–H groups in total. The molecule has 0 aliphatic carbocycles. The molecule has 0 atom stereocenters. The van der Waals surface area contributed by atoms with Crippen molar-refractivity contribution < 1.29 is 31.7 Å². The van der Waals surface area contributed by atoms with Crippen LogP contribution in [-0.2, 0) is 20.3 Å². The van der Waals surface area contributed by atoms with Gasteiger partial charge in [0.1, 0.15) is 11.5 Å². The highest BCUT2D eigenvalue weighted by Gasteiger charge is 2.32. The second kappa shape index (κ2) is 9.34. The molecular formula is C23H27N3O7S. The third-order valence-electron chi connectivity index (χ3n) is 5.02. The summed E-state index contributed by atoms with van der Waals surface area (Å²) in [6, 6.07) is 8.34. The lowest BCUT2D eigenvalue weighted by Crippen LogP contribution is -2.50. The SMILES string of the molecule is COc1c(C(=O)Nc2ccc(OS(C)(=O)=O)cc2)cc(N2C(=O)CCNC2=O)cc1C(C)(C)C. The zero-order chi connectivity index (χ0) is 25.3. The van der Waals surface area contributed by atoms with Gasteiger partial charge in [-0.3, -0.25) is 9.59 Å². The number of carbonyl (C=O) groups excluding carboxylic acids is 3. The number of hydrogen-bond donors (Lipinski definition) is 2. The first-order valence-electron chi connectivity index (χ1n) is 10.4. The fourth-order valence-electron chi connectivity index (χ4n) is 3.50. The fourth-order valence-corrected chi connectivity index (χ4v) is 3.96. The molecule has 4 amide bonds. The summed E-state index contributed by atoms with van der Waals surface area (Å²) in [4.78, 5) is 39.2. The topological polar surface area (TPSA) is 131 Å². The third-order valence-corrected chi connectivity index (χ3v) is 5.51. The van der Waals surface area contributed by atoms with Crippen LogP contribution in [0.3, 0.4) is 0 Å². The van der Waals surface area contributed by atoms with Gasteiger partial charge >= 0.3 is 16.1 Å². The molecule has 182 valence electrons. The molecule has 1 saturated heterocycles. The number of nitrogens with one attached hydrogen (secondary N) is 2. The standard InChI is InChI=1S/C23H27N3O7S/c1-23(2,3)18-13-15(26-19(27)10-11-24-22(26)29)12-17(20(18)32-4)21(28)25-14-6-8-16(9-7-14)33-34(5,30)31/h6-9,12-13H,10-11H2,1-5H3,(H,24,29)(H,25,28). The van der Waals surface area contributed by atoms with Crippen LogP contribution < -0.4 is 24.5 Å². The van der Waals surface area contributed by atoms with E-state index in [0.29, 0.717) is 17.0 Å². The Morgan fingerprint density at radius 3 is 2.29 bits per heavy atom. The molecule has 0 aromatic heterocycles. The zero-order valence-electron chi connectivity index (χ0n) is 19.6. The number of amides is 4. The summed E-state index contributed by atoms with van der Waals surface area (Å²) in [6.45, 7) is 6.03. The number of imide groups is 1. The molecule has 0 unspecified atom stereocenters. The summed E-state index contributed by atoms with van der Waals surface area (Å²) in [7, 11) is -2.24. The molecule has 2 aromatic carbocycles. The minimum Gasteiger partial charge on any atom is -0.496 e. The van der Waals surface area contributed by atoms with Crippen molar-refractivity contribution in [2.75, 3.05) is 30.1 Å². The molecule has 2 aromatic rings. The average molecular weight is 490 g/mol. The van der Waals surface area contributed by atoms with Crippen molar-refractivity contribution in [1.29, 1.82) is 0 Å². The van der Waals surface area contributed by atoms with Gasteiger partial charge in [0.15, 0.2) is 0 Å². The molecule has 0 spiro atoms. The van der Waals surface area contributed by atoms with Gasteiger partial charge in [-0.05, 0) is 41.8 Å². The van der Waals surface area contributed by atoms with E-state index in [4.69, 9.17) is 8.92 Å². The molecule has 10 nitrogen and oxygen atoms in total. The van der Waals surface area contributed by atoms with Crippen LogP contribution in [0.1, 0.15) is 43.1 Å². The minimum atomic E-state index is -3.68. The van der Waals surface area contributed by atoms with Crippen LogP contribution in [-0.4, -0.2) is 46.2 Å². The lowest BCUT2D eigenvalue weighted by atomic mass is 9.84. The Kier molecular flexibility index (Phi) is 6.87. The summed E-state index contributed by atoms with van der Waals surface area (Å²) in [5, 5.41) is 5.36. The van der Waals surface area contributed by atoms with Gasteiger partial charge in [-0.1, -0.05) is 20.8 Å². The second-order valence-electron chi connectivity index (χ2n) is 8.80. The van der Waals surface area contributed by atoms with Crippen LogP contribution in [0.25, 0.3) is 0 Å². The number of benzene rings is 2. The van der Waals surface area contributed by atoms with Crippen molar-refractivity contribution in [3.8, 4) is 11.5 Å². The number of methoxy groups -OCH3 is 1. The maximum Gasteiger partial charge on any atom is 0.328 e. The predicted octanol–water partition coefficient (Wildman–Crippen LogP) is 3.03. The Labute approximate surface area is 198 Å². The van der Waals surface area contributed by atoms with Crippen molar-refractivity contribution in [2.45, 2.75) is 32.6 Å². The van der Waals surface area contributed by atoms with E-state index in [2.05, 4.69) is 10.6 Å². The van der Waals surface area contributed by atoms with Gasteiger partial charge < -0.3 is 19.6 Å². The predicted molar refractivity (Wildman–Crippen MR) is 127 cm³/mol. The van der Waals surface area contributed by atoms with E-state index in [1.54, 1.807) is 6.07 Å². The van der Waals surface area contributed by atoms with Crippen molar-refractivity contribution >= 4 is 39.3 Å². The summed E-state index contributed by atoms with van der Waals surface area (Å²) in [6.07, 6.45) is 1.08. The Bertz CT molecular complexity index is 1220. The molecule has 11 heteroatoms. The molecule has 0 radical (unpaired) electrons. The Morgan fingerprint density at radius 1 is 1.12 bits per heavy atom. The van der Waals surface area contributed by atoms with Crippen molar-refractivity contribution in [2.24, 2.45) is 0 Å². The molecule has 1 heterocycles. The summed E-state index contributed by atoms with van der Waals surface area (Å²) in [5.41, 5.74) is 0.932. The average Bonchev–Trinajstić information content (AvgIpc) is 2.72. The lowest BCUT2D eigenvalue weighted by molar-refractivity contribution is -0.118. The molecule has 1 fully saturated rings. The number of carbonyl (C=O) groups is 3. The van der Waals surface area contributed by atoms with Crippen LogP contribution in [0.5, 0.6) is 11.5 Å². The Morgan fingerprint density at radius 2 is 1.76 bits per heavy atom. The fraction of sp³-hybridized carbons (Fsp3) is 0.348. The normalized spacial score (nSPS) is 14.4. The largest absolute Gasteiger partial charge is 0.496 e. The highest BCUT2D eigenvalue weighted by Crippen LogP contribution is 2.38. The minimum absolute atomic E-state index is 0.102. The number of nitrogens with zero attached hydrogens (tertiary/aromatic N) is 1. The highest BCUT2D eigenvalue weighted by atomic mass is 32.2. The van der Waals surface area contributed by atoms with E-state index in [1.165, 1.54) is 37.4 Å². The van der Waals surface area contributed by atoms with Gasteiger partial charge in [0, 0.05) is 24.2 Å². The number of hydrogen-bond acceptors (Lipinski definition) is 7. The number of ether oxygens (including phenoxy) is 1. The van der Waals surface area contributed by atoms with E-state index in [9.17, 15) is 22.8 Å². The van der Waals surface area contributed by atoms with Gasteiger partial charge in [-0.25, -0.2) is 9.69 Å². The van der Waals surface area contributed by atoms with E-state index in [1.807, 2.05) is 20.8 Å². The first-order valence-corrected chi connectivity index (χ1v) is 12.3. The van der Waals surface area contributed by atoms with E-state index in [-0.39, 0.29) is 35.9 Å². The van der Waals surface area contributed by atoms with E-state index < -0.39 is 27.5 Å². The van der Waals surface area contributed by atoms with Gasteiger partial charge in [-0.15, -0.1) is 0 Å². The number of anilines is 2. The molecule has 3 rings (SSSR count). The maximum absolute atomic E-state index is 13.3. The monoisotopic (exact) mass is 489 g/mol. The van der Waals surface area contributed by atoms with Gasteiger partial charge in [0.25, 0.3) is 5.91 Å². The van der Waals surface area contributed by atoms with Crippen LogP contribution >= 0.6 is 0 Å². The first kappa shape index (κ1) is 25.0. The highest BCUT2D eigenvalue weighted by molar-refractivity contribution is 7.86. The van der Waals surface area contributed by atoms with Crippen LogP contribution in [0.15, 0.2) is 36.4 Å². The maximum atomic E-state index is 13.3. The number of rotatable bonds is 6. The van der Waals surface area contributed by atoms with Gasteiger partial charge in [0.05, 0.1) is 24.6 Å². The molecule has 34 heavy (non-hydrogen) atoms. The second-order valence-corrected chi connectivity index (χ2v) is 10.4. The third kappa shape index (κ3) is 5.66. The number of urea groups is 1. The zero-order valence-corrected chi connectivity index (χ0v) is 20.4. The molecule has 0 bridgehead atoms. The quantitative estimate of drug-likeness (QED) is 0.596. The Hall–Kier alpha value is -3.60. The first-order chi connectivity index (χ1) is 15.8. The lowest BCUT2D eigenvalue weighted by Gasteiger charge is -2.30. The molecule has 1 aliphatic rings. The van der Waals surface area contributed by atoms with Crippen LogP contribution in [0.4, 0.5) is 16.2 Å². The van der Waals surface area contributed by atoms with Crippen LogP contribution in [0, 0.1) is 0 Å². The smallest absolute Gasteiger partial charge is 0.328 e. The van der Waals surface area contributed by atoms with Gasteiger partial charge in [-0.2, -0.15) is 8.42 Å². The summed E-state index contributed by atoms with van der Waals surface area (Å²) in [5.74, 6) is -0.493. The Balaban J connectivity index is 2.02.